The van der Waals surface area contributed by atoms with E-state index >= 15 is 0 Å². The molecule has 6 N–H and O–H groups in total. The summed E-state index contributed by atoms with van der Waals surface area (Å²) < 4.78 is 0. The second-order valence-corrected chi connectivity index (χ2v) is 6.66. The largest absolute Gasteiger partial charge is 0.507 e. The number of aromatic amines is 1. The Kier molecular flexibility index (Phi) is 4.48. The Bertz CT molecular complexity index is 1210. The van der Waals surface area contributed by atoms with E-state index in [0.717, 1.165) is 39.9 Å². The normalized spacial score (nSPS) is 10.9. The van der Waals surface area contributed by atoms with Crippen LogP contribution < -0.4 is 5.32 Å². The van der Waals surface area contributed by atoms with E-state index in [1.165, 1.54) is 0 Å². The number of phenolic OH excluding ortho intramolecular Hbond substituents is 4. The minimum Gasteiger partial charge on any atom is -0.507 e. The van der Waals surface area contributed by atoms with Crippen LogP contribution in [0.3, 0.4) is 0 Å². The van der Waals surface area contributed by atoms with Crippen molar-refractivity contribution in [2.45, 2.75) is 6.54 Å². The molecule has 0 fully saturated rings. The maximum Gasteiger partial charge on any atom is 0.251 e. The smallest absolute Gasteiger partial charge is 0.251 e. The number of phenols is 4. The van der Waals surface area contributed by atoms with Crippen LogP contribution in [0.4, 0.5) is 0 Å². The van der Waals surface area contributed by atoms with E-state index in [1.807, 2.05) is 36.4 Å². The number of fused-ring (bicyclic) bond motifs is 1. The molecule has 0 atom stereocenters. The summed E-state index contributed by atoms with van der Waals surface area (Å²) in [4.78, 5) is 15.5. The zero-order valence-electron chi connectivity index (χ0n) is 15.2. The van der Waals surface area contributed by atoms with Gasteiger partial charge in [0.25, 0.3) is 5.91 Å². The molecule has 4 rings (SSSR count). The quantitative estimate of drug-likeness (QED) is 0.297. The summed E-state index contributed by atoms with van der Waals surface area (Å²) in [5.41, 5.74) is 3.27. The van der Waals surface area contributed by atoms with Crippen molar-refractivity contribution in [3.63, 3.8) is 0 Å². The Hall–Kier alpha value is -4.13. The van der Waals surface area contributed by atoms with E-state index < -0.39 is 23.2 Å². The Balaban J connectivity index is 1.53. The number of hydrogen-bond acceptors (Lipinski definition) is 5. The summed E-state index contributed by atoms with van der Waals surface area (Å²) in [5.74, 6) is -2.12. The molecule has 0 spiro atoms. The minimum atomic E-state index is -0.669. The molecule has 146 valence electrons. The number of H-pyrrole nitrogens is 1. The predicted molar refractivity (Wildman–Crippen MR) is 108 cm³/mol. The molecule has 0 aliphatic carbocycles. The van der Waals surface area contributed by atoms with Crippen molar-refractivity contribution in [1.82, 2.24) is 10.3 Å². The molecule has 0 saturated heterocycles. The van der Waals surface area contributed by atoms with E-state index in [-0.39, 0.29) is 17.9 Å². The molecule has 1 amide bonds. The van der Waals surface area contributed by atoms with E-state index in [4.69, 9.17) is 0 Å². The standard InChI is InChI=1S/C22H18N2O5/c25-18-4-2-1-3-16(18)12-5-6-17-13(7-12)8-15(24-17)11-23-22(29)14-9-19(26)21(28)20(27)10-14/h1-10,24-28H,11H2,(H,23,29). The van der Waals surface area contributed by atoms with Gasteiger partial charge in [-0.15, -0.1) is 0 Å². The molecule has 4 aromatic rings. The zero-order chi connectivity index (χ0) is 20.5. The van der Waals surface area contributed by atoms with Crippen LogP contribution in [0.15, 0.2) is 60.7 Å². The molecule has 29 heavy (non-hydrogen) atoms. The third-order valence-electron chi connectivity index (χ3n) is 4.66. The molecule has 0 bridgehead atoms. The number of aromatic nitrogens is 1. The first-order chi connectivity index (χ1) is 13.9. The number of aromatic hydroxyl groups is 4. The van der Waals surface area contributed by atoms with Gasteiger partial charge in [-0.25, -0.2) is 0 Å². The van der Waals surface area contributed by atoms with E-state index in [1.54, 1.807) is 12.1 Å². The lowest BCUT2D eigenvalue weighted by Gasteiger charge is -2.06. The molecule has 7 heteroatoms. The van der Waals surface area contributed by atoms with Crippen LogP contribution in [0.2, 0.25) is 0 Å². The van der Waals surface area contributed by atoms with Gasteiger partial charge >= 0.3 is 0 Å². The Morgan fingerprint density at radius 2 is 1.59 bits per heavy atom. The van der Waals surface area contributed by atoms with E-state index in [2.05, 4.69) is 10.3 Å². The van der Waals surface area contributed by atoms with Crippen molar-refractivity contribution in [3.8, 4) is 34.1 Å². The Morgan fingerprint density at radius 1 is 0.862 bits per heavy atom. The highest BCUT2D eigenvalue weighted by atomic mass is 16.3. The topological polar surface area (TPSA) is 126 Å². The molecule has 1 aromatic heterocycles. The fourth-order valence-electron chi connectivity index (χ4n) is 3.19. The number of amides is 1. The van der Waals surface area contributed by atoms with Crippen LogP contribution in [-0.4, -0.2) is 31.3 Å². The average molecular weight is 390 g/mol. The van der Waals surface area contributed by atoms with Gasteiger partial charge in [0, 0.05) is 27.7 Å². The molecule has 0 aliphatic heterocycles. The highest BCUT2D eigenvalue weighted by molar-refractivity contribution is 5.95. The summed E-state index contributed by atoms with van der Waals surface area (Å²) in [6.07, 6.45) is 0. The monoisotopic (exact) mass is 390 g/mol. The van der Waals surface area contributed by atoms with Gasteiger partial charge in [-0.3, -0.25) is 4.79 Å². The first kappa shape index (κ1) is 18.2. The first-order valence-corrected chi connectivity index (χ1v) is 8.85. The van der Waals surface area contributed by atoms with E-state index in [9.17, 15) is 25.2 Å². The van der Waals surface area contributed by atoms with Crippen LogP contribution >= 0.6 is 0 Å². The van der Waals surface area contributed by atoms with Crippen LogP contribution in [-0.2, 0) is 6.54 Å². The van der Waals surface area contributed by atoms with Crippen LogP contribution in [0.5, 0.6) is 23.0 Å². The number of para-hydroxylation sites is 1. The summed E-state index contributed by atoms with van der Waals surface area (Å²) in [6.45, 7) is 0.196. The van der Waals surface area contributed by atoms with Gasteiger partial charge in [-0.1, -0.05) is 24.3 Å². The Morgan fingerprint density at radius 3 is 2.31 bits per heavy atom. The molecule has 0 aliphatic rings. The summed E-state index contributed by atoms with van der Waals surface area (Å²) >= 11 is 0. The van der Waals surface area contributed by atoms with Gasteiger partial charge in [0.2, 0.25) is 0 Å². The second-order valence-electron chi connectivity index (χ2n) is 6.66. The SMILES string of the molecule is O=C(NCc1cc2cc(-c3ccccc3O)ccc2[nH]1)c1cc(O)c(O)c(O)c1. The van der Waals surface area contributed by atoms with Gasteiger partial charge < -0.3 is 30.7 Å². The van der Waals surface area contributed by atoms with Crippen molar-refractivity contribution >= 4 is 16.8 Å². The number of carbonyl (C=O) groups is 1. The maximum atomic E-state index is 12.3. The van der Waals surface area contributed by atoms with Gasteiger partial charge in [0.15, 0.2) is 17.2 Å². The lowest BCUT2D eigenvalue weighted by Crippen LogP contribution is -2.22. The Labute approximate surface area is 165 Å². The number of carbonyl (C=O) groups excluding carboxylic acids is 1. The number of hydrogen-bond donors (Lipinski definition) is 6. The molecule has 0 radical (unpaired) electrons. The van der Waals surface area contributed by atoms with Crippen molar-refractivity contribution in [2.75, 3.05) is 0 Å². The first-order valence-electron chi connectivity index (χ1n) is 8.85. The maximum absolute atomic E-state index is 12.3. The number of nitrogens with one attached hydrogen (secondary N) is 2. The van der Waals surface area contributed by atoms with Crippen molar-refractivity contribution in [1.29, 1.82) is 0 Å². The zero-order valence-corrected chi connectivity index (χ0v) is 15.2. The van der Waals surface area contributed by atoms with Gasteiger partial charge in [-0.2, -0.15) is 0 Å². The molecule has 7 nitrogen and oxygen atoms in total. The average Bonchev–Trinajstić information content (AvgIpc) is 3.12. The fourth-order valence-corrected chi connectivity index (χ4v) is 3.19. The highest BCUT2D eigenvalue weighted by Gasteiger charge is 2.14. The number of benzene rings is 3. The number of rotatable bonds is 4. The fraction of sp³-hybridized carbons (Fsp3) is 0.0455. The lowest BCUT2D eigenvalue weighted by molar-refractivity contribution is 0.0949. The molecule has 0 unspecified atom stereocenters. The van der Waals surface area contributed by atoms with Crippen molar-refractivity contribution in [3.05, 3.63) is 71.9 Å². The van der Waals surface area contributed by atoms with Gasteiger partial charge in [0.05, 0.1) is 6.54 Å². The molecular formula is C22H18N2O5. The minimum absolute atomic E-state index is 0.0238. The lowest BCUT2D eigenvalue weighted by atomic mass is 10.0. The van der Waals surface area contributed by atoms with Crippen LogP contribution in [0.1, 0.15) is 16.1 Å². The molecule has 0 saturated carbocycles. The van der Waals surface area contributed by atoms with Gasteiger partial charge in [0.1, 0.15) is 5.75 Å². The molecular weight excluding hydrogens is 372 g/mol. The highest BCUT2D eigenvalue weighted by Crippen LogP contribution is 2.35. The third kappa shape index (κ3) is 3.53. The third-order valence-corrected chi connectivity index (χ3v) is 4.66. The predicted octanol–water partition coefficient (Wildman–Crippen LogP) is 3.59. The molecule has 3 aromatic carbocycles. The van der Waals surface area contributed by atoms with Crippen molar-refractivity contribution < 1.29 is 25.2 Å². The summed E-state index contributed by atoms with van der Waals surface area (Å²) in [5, 5.41) is 42.1. The van der Waals surface area contributed by atoms with E-state index in [0.29, 0.717) is 0 Å². The van der Waals surface area contributed by atoms with Crippen molar-refractivity contribution in [2.24, 2.45) is 0 Å². The van der Waals surface area contributed by atoms with Gasteiger partial charge in [-0.05, 0) is 42.0 Å². The second kappa shape index (κ2) is 7.12. The summed E-state index contributed by atoms with van der Waals surface area (Å²) in [6, 6.07) is 16.9. The van der Waals surface area contributed by atoms with Crippen LogP contribution in [0.25, 0.3) is 22.0 Å². The summed E-state index contributed by atoms with van der Waals surface area (Å²) in [7, 11) is 0. The van der Waals surface area contributed by atoms with Crippen LogP contribution in [0, 0.1) is 0 Å². The molecule has 1 heterocycles.